The lowest BCUT2D eigenvalue weighted by Gasteiger charge is -2.39. The molecule has 0 amide bonds. The minimum atomic E-state index is -0.720. The van der Waals surface area contributed by atoms with Gasteiger partial charge in [0.15, 0.2) is 23.3 Å². The van der Waals surface area contributed by atoms with Gasteiger partial charge in [0.2, 0.25) is 0 Å². The van der Waals surface area contributed by atoms with Gasteiger partial charge in [-0.2, -0.15) is 0 Å². The maximum atomic E-state index is 5.58. The van der Waals surface area contributed by atoms with Crippen molar-refractivity contribution in [3.8, 4) is 73.6 Å². The van der Waals surface area contributed by atoms with Crippen LogP contribution >= 0.6 is 11.3 Å². The van der Waals surface area contributed by atoms with Crippen molar-refractivity contribution in [3.05, 3.63) is 253 Å². The number of para-hydroxylation sites is 3. The molecule has 73 heavy (non-hydrogen) atoms. The van der Waals surface area contributed by atoms with Gasteiger partial charge in [-0.25, -0.2) is 24.9 Å². The second-order valence-electron chi connectivity index (χ2n) is 19.1. The largest absolute Gasteiger partial charge is 0.309 e. The summed E-state index contributed by atoms with van der Waals surface area (Å²) in [5.74, 6) is 2.51. The van der Waals surface area contributed by atoms with E-state index in [0.717, 1.165) is 65.9 Å². The molecule has 1 unspecified atom stereocenters. The van der Waals surface area contributed by atoms with E-state index in [-0.39, 0.29) is 0 Å². The minimum Gasteiger partial charge on any atom is -0.309 e. The zero-order valence-electron chi connectivity index (χ0n) is 39.0. The van der Waals surface area contributed by atoms with Crippen molar-refractivity contribution in [2.75, 3.05) is 0 Å². The van der Waals surface area contributed by atoms with Crippen LogP contribution in [0.1, 0.15) is 22.3 Å². The first kappa shape index (κ1) is 40.3. The second kappa shape index (κ2) is 15.3. The molecule has 5 heterocycles. The molecule has 1 aliphatic heterocycles. The summed E-state index contributed by atoms with van der Waals surface area (Å²) in [5, 5.41) is 5.96. The number of hydrogen-bond donors (Lipinski definition) is 0. The van der Waals surface area contributed by atoms with E-state index in [9.17, 15) is 0 Å². The number of thiophene rings is 1. The minimum absolute atomic E-state index is 0.607. The summed E-state index contributed by atoms with van der Waals surface area (Å²) < 4.78 is 4.75. The lowest BCUT2D eigenvalue weighted by Crippen LogP contribution is -2.33. The Morgan fingerprint density at radius 2 is 1.00 bits per heavy atom. The number of rotatable bonds is 5. The van der Waals surface area contributed by atoms with Gasteiger partial charge in [0.1, 0.15) is 0 Å². The zero-order valence-corrected chi connectivity index (χ0v) is 39.8. The molecule has 2 aliphatic rings. The molecule has 7 heteroatoms. The fourth-order valence-electron chi connectivity index (χ4n) is 12.2. The number of benzene rings is 10. The molecule has 16 rings (SSSR count). The maximum Gasteiger partial charge on any atom is 0.164 e. The Morgan fingerprint density at radius 3 is 1.84 bits per heavy atom. The van der Waals surface area contributed by atoms with E-state index in [0.29, 0.717) is 23.3 Å². The van der Waals surface area contributed by atoms with Crippen LogP contribution in [0.25, 0.3) is 127 Å². The van der Waals surface area contributed by atoms with Crippen molar-refractivity contribution >= 4 is 64.2 Å². The summed E-state index contributed by atoms with van der Waals surface area (Å²) in [6, 6.07) is 82.6. The highest BCUT2D eigenvalue weighted by atomic mass is 32.1. The van der Waals surface area contributed by atoms with Crippen LogP contribution in [0, 0.1) is 0 Å². The Labute approximate surface area is 423 Å². The SMILES string of the molecule is c1ccc(-c2nc(-c3ccccc3)nc(-c3cccc4c3-c3cc(-c5nc(-c6ccc7ccccc7c6)c6sc7ccccc7c6n5)ccc3C43c4ccccc4-n4c5ccccc5c5cccc3c54)n2)cc1. The summed E-state index contributed by atoms with van der Waals surface area (Å²) in [4.78, 5) is 27.0. The molecule has 0 radical (unpaired) electrons. The molecule has 4 aromatic heterocycles. The molecule has 14 aromatic rings. The molecular formula is C66H38N6S. The summed E-state index contributed by atoms with van der Waals surface area (Å²) in [6.07, 6.45) is 0. The molecule has 10 aromatic carbocycles. The molecule has 0 bridgehead atoms. The van der Waals surface area contributed by atoms with Crippen molar-refractivity contribution in [3.63, 3.8) is 0 Å². The van der Waals surface area contributed by atoms with Gasteiger partial charge in [0.25, 0.3) is 0 Å². The quantitative estimate of drug-likeness (QED) is 0.172. The Hall–Kier alpha value is -9.43. The van der Waals surface area contributed by atoms with Crippen molar-refractivity contribution in [1.29, 1.82) is 0 Å². The van der Waals surface area contributed by atoms with Crippen LogP contribution in [-0.2, 0) is 5.41 Å². The molecule has 0 N–H and O–H groups in total. The first-order valence-corrected chi connectivity index (χ1v) is 25.5. The number of fused-ring (bicyclic) bond motifs is 16. The monoisotopic (exact) mass is 946 g/mol. The van der Waals surface area contributed by atoms with Gasteiger partial charge in [-0.15, -0.1) is 11.3 Å². The average molecular weight is 947 g/mol. The Bertz CT molecular complexity index is 4580. The van der Waals surface area contributed by atoms with Gasteiger partial charge in [0, 0.05) is 48.7 Å². The Kier molecular flexibility index (Phi) is 8.44. The summed E-state index contributed by atoms with van der Waals surface area (Å²) >= 11 is 1.76. The van der Waals surface area contributed by atoms with Crippen molar-refractivity contribution in [2.45, 2.75) is 5.41 Å². The summed E-state index contributed by atoms with van der Waals surface area (Å²) in [6.45, 7) is 0. The normalized spacial score (nSPS) is 14.4. The highest BCUT2D eigenvalue weighted by Gasteiger charge is 2.51. The van der Waals surface area contributed by atoms with Gasteiger partial charge in [-0.3, -0.25) is 0 Å². The van der Waals surface area contributed by atoms with Crippen LogP contribution in [0.5, 0.6) is 0 Å². The van der Waals surface area contributed by atoms with Crippen molar-refractivity contribution < 1.29 is 0 Å². The zero-order chi connectivity index (χ0) is 47.8. The molecular weight excluding hydrogens is 909 g/mol. The van der Waals surface area contributed by atoms with Crippen LogP contribution in [0.15, 0.2) is 231 Å². The van der Waals surface area contributed by atoms with Crippen molar-refractivity contribution in [1.82, 2.24) is 29.5 Å². The molecule has 338 valence electrons. The topological polar surface area (TPSA) is 69.4 Å². The van der Waals surface area contributed by atoms with Gasteiger partial charge in [0.05, 0.1) is 38.0 Å². The fourth-order valence-corrected chi connectivity index (χ4v) is 13.3. The van der Waals surface area contributed by atoms with Gasteiger partial charge in [-0.1, -0.05) is 200 Å². The predicted molar refractivity (Wildman–Crippen MR) is 298 cm³/mol. The molecule has 0 saturated heterocycles. The molecule has 0 saturated carbocycles. The molecule has 1 atom stereocenters. The van der Waals surface area contributed by atoms with E-state index < -0.39 is 5.41 Å². The van der Waals surface area contributed by atoms with E-state index in [2.05, 4.69) is 199 Å². The summed E-state index contributed by atoms with van der Waals surface area (Å²) in [5.41, 5.74) is 16.5. The van der Waals surface area contributed by atoms with Crippen molar-refractivity contribution in [2.24, 2.45) is 0 Å². The van der Waals surface area contributed by atoms with Crippen LogP contribution in [-0.4, -0.2) is 29.5 Å². The van der Waals surface area contributed by atoms with E-state index in [1.807, 2.05) is 36.4 Å². The average Bonchev–Trinajstić information content (AvgIpc) is 4.11. The van der Waals surface area contributed by atoms with Crippen LogP contribution in [0.2, 0.25) is 0 Å². The lowest BCUT2D eigenvalue weighted by atomic mass is 9.65. The third-order valence-electron chi connectivity index (χ3n) is 15.3. The van der Waals surface area contributed by atoms with Crippen LogP contribution in [0.3, 0.4) is 0 Å². The van der Waals surface area contributed by atoms with Gasteiger partial charge >= 0.3 is 0 Å². The molecule has 6 nitrogen and oxygen atoms in total. The molecule has 1 spiro atoms. The molecule has 1 aliphatic carbocycles. The fraction of sp³-hybridized carbons (Fsp3) is 0.0152. The van der Waals surface area contributed by atoms with E-state index >= 15 is 0 Å². The number of hydrogen-bond acceptors (Lipinski definition) is 6. The first-order valence-electron chi connectivity index (χ1n) is 24.7. The number of aromatic nitrogens is 6. The summed E-state index contributed by atoms with van der Waals surface area (Å²) in [7, 11) is 0. The Morgan fingerprint density at radius 1 is 0.370 bits per heavy atom. The molecule has 0 fully saturated rings. The van der Waals surface area contributed by atoms with E-state index in [1.54, 1.807) is 11.3 Å². The van der Waals surface area contributed by atoms with Gasteiger partial charge in [-0.05, 0) is 74.5 Å². The standard InChI is InChI=1S/C66H38N6S/c1-3-18-40(19-4-1)62-69-63(41-20-5-2-6-21-41)71-65(70-62)48-26-16-28-52-57(48)49-38-44(64-67-58(43-34-33-39-17-7-8-22-42(39)37-43)61-59(68-64)47-24-10-14-32-56(47)73-61)35-36-50(49)66(52)51-27-11-13-31-55(51)72-54-30-12-9-23-45(54)46-25-15-29-53(66)60(46)72/h1-38H. The number of nitrogens with zero attached hydrogens (tertiary/aromatic N) is 6. The smallest absolute Gasteiger partial charge is 0.164 e. The third-order valence-corrected chi connectivity index (χ3v) is 16.4. The second-order valence-corrected chi connectivity index (χ2v) is 20.1. The van der Waals surface area contributed by atoms with Gasteiger partial charge < -0.3 is 4.57 Å². The third kappa shape index (κ3) is 5.71. The predicted octanol–water partition coefficient (Wildman–Crippen LogP) is 16.3. The maximum absolute atomic E-state index is 5.58. The van der Waals surface area contributed by atoms with Crippen LogP contribution < -0.4 is 0 Å². The Balaban J connectivity index is 1.01. The van der Waals surface area contributed by atoms with E-state index in [4.69, 9.17) is 24.9 Å². The highest BCUT2D eigenvalue weighted by molar-refractivity contribution is 7.26. The van der Waals surface area contributed by atoms with Crippen LogP contribution in [0.4, 0.5) is 0 Å². The lowest BCUT2D eigenvalue weighted by molar-refractivity contribution is 0.748. The first-order chi connectivity index (χ1) is 36.2. The van der Waals surface area contributed by atoms with E-state index in [1.165, 1.54) is 59.5 Å². The highest BCUT2D eigenvalue weighted by Crippen LogP contribution is 2.63.